The van der Waals surface area contributed by atoms with Crippen molar-refractivity contribution in [3.05, 3.63) is 0 Å². The smallest absolute Gasteiger partial charge is 0.213 e. The molecule has 18 heavy (non-hydrogen) atoms. The fourth-order valence-corrected chi connectivity index (χ4v) is 3.68. The molecule has 1 fully saturated rings. The minimum Gasteiger partial charge on any atom is -0.313 e. The Bertz CT molecular complexity index is 341. The summed E-state index contributed by atoms with van der Waals surface area (Å²) in [4.78, 5) is 0. The summed E-state index contributed by atoms with van der Waals surface area (Å²) in [5.41, 5.74) is 0. The molecule has 1 saturated carbocycles. The molecule has 3 atom stereocenters. The SMILES string of the molecule is CC(C)NCCS(=O)(=O)NC1CCC(C)C(C)C1. The lowest BCUT2D eigenvalue weighted by Gasteiger charge is -2.32. The van der Waals surface area contributed by atoms with Crippen molar-refractivity contribution in [3.63, 3.8) is 0 Å². The summed E-state index contributed by atoms with van der Waals surface area (Å²) >= 11 is 0. The number of sulfonamides is 1. The molecule has 0 bridgehead atoms. The Kier molecular flexibility index (Phi) is 6.08. The van der Waals surface area contributed by atoms with Crippen molar-refractivity contribution in [2.24, 2.45) is 11.8 Å². The highest BCUT2D eigenvalue weighted by Crippen LogP contribution is 2.29. The zero-order valence-corrected chi connectivity index (χ0v) is 12.9. The molecule has 0 aromatic heterocycles. The van der Waals surface area contributed by atoms with Crippen LogP contribution >= 0.6 is 0 Å². The van der Waals surface area contributed by atoms with E-state index in [1.54, 1.807) is 0 Å². The van der Waals surface area contributed by atoms with Gasteiger partial charge in [0.05, 0.1) is 5.75 Å². The summed E-state index contributed by atoms with van der Waals surface area (Å²) in [6.45, 7) is 9.02. The van der Waals surface area contributed by atoms with E-state index in [0.717, 1.165) is 19.3 Å². The number of hydrogen-bond acceptors (Lipinski definition) is 3. The Labute approximate surface area is 112 Å². The van der Waals surface area contributed by atoms with E-state index >= 15 is 0 Å². The molecule has 4 nitrogen and oxygen atoms in total. The van der Waals surface area contributed by atoms with Gasteiger partial charge in [-0.3, -0.25) is 0 Å². The first kappa shape index (κ1) is 15.9. The van der Waals surface area contributed by atoms with Crippen LogP contribution in [0.25, 0.3) is 0 Å². The summed E-state index contributed by atoms with van der Waals surface area (Å²) in [7, 11) is -3.13. The lowest BCUT2D eigenvalue weighted by Crippen LogP contribution is -2.42. The molecule has 1 rings (SSSR count). The van der Waals surface area contributed by atoms with Crippen LogP contribution in [0.15, 0.2) is 0 Å². The second-order valence-electron chi connectivity index (χ2n) is 6.01. The quantitative estimate of drug-likeness (QED) is 0.777. The van der Waals surface area contributed by atoms with Crippen LogP contribution in [-0.4, -0.2) is 32.8 Å². The second-order valence-corrected chi connectivity index (χ2v) is 7.88. The third-order valence-corrected chi connectivity index (χ3v) is 5.30. The van der Waals surface area contributed by atoms with Gasteiger partial charge in [-0.15, -0.1) is 0 Å². The topological polar surface area (TPSA) is 58.2 Å². The highest BCUT2D eigenvalue weighted by molar-refractivity contribution is 7.89. The van der Waals surface area contributed by atoms with E-state index in [-0.39, 0.29) is 11.8 Å². The molecule has 0 amide bonds. The normalized spacial score (nSPS) is 29.7. The van der Waals surface area contributed by atoms with Crippen LogP contribution in [0.5, 0.6) is 0 Å². The van der Waals surface area contributed by atoms with E-state index in [2.05, 4.69) is 23.9 Å². The fraction of sp³-hybridized carbons (Fsp3) is 1.00. The molecule has 1 aliphatic carbocycles. The van der Waals surface area contributed by atoms with Crippen LogP contribution in [0, 0.1) is 11.8 Å². The monoisotopic (exact) mass is 276 g/mol. The van der Waals surface area contributed by atoms with Gasteiger partial charge in [0.2, 0.25) is 10.0 Å². The summed E-state index contributed by atoms with van der Waals surface area (Å²) in [5, 5.41) is 3.14. The molecular weight excluding hydrogens is 248 g/mol. The van der Waals surface area contributed by atoms with Gasteiger partial charge in [-0.2, -0.15) is 0 Å². The molecule has 1 aliphatic rings. The van der Waals surface area contributed by atoms with Crippen molar-refractivity contribution in [2.45, 2.75) is 59.0 Å². The minimum atomic E-state index is -3.13. The van der Waals surface area contributed by atoms with Gasteiger partial charge in [-0.1, -0.05) is 27.7 Å². The van der Waals surface area contributed by atoms with Crippen molar-refractivity contribution in [1.82, 2.24) is 10.0 Å². The Morgan fingerprint density at radius 2 is 1.83 bits per heavy atom. The van der Waals surface area contributed by atoms with Gasteiger partial charge in [0.15, 0.2) is 0 Å². The predicted molar refractivity (Wildman–Crippen MR) is 76.0 cm³/mol. The molecule has 0 aromatic carbocycles. The summed E-state index contributed by atoms with van der Waals surface area (Å²) in [6, 6.07) is 0.469. The molecule has 108 valence electrons. The molecule has 0 aromatic rings. The van der Waals surface area contributed by atoms with E-state index in [0.29, 0.717) is 24.4 Å². The largest absolute Gasteiger partial charge is 0.313 e. The van der Waals surface area contributed by atoms with Crippen molar-refractivity contribution in [2.75, 3.05) is 12.3 Å². The highest BCUT2D eigenvalue weighted by Gasteiger charge is 2.27. The zero-order valence-electron chi connectivity index (χ0n) is 12.1. The van der Waals surface area contributed by atoms with Crippen LogP contribution < -0.4 is 10.0 Å². The molecular formula is C13H28N2O2S. The van der Waals surface area contributed by atoms with Crippen LogP contribution in [0.4, 0.5) is 0 Å². The maximum absolute atomic E-state index is 11.9. The van der Waals surface area contributed by atoms with Gasteiger partial charge in [0.25, 0.3) is 0 Å². The molecule has 0 spiro atoms. The van der Waals surface area contributed by atoms with Gasteiger partial charge in [-0.25, -0.2) is 13.1 Å². The van der Waals surface area contributed by atoms with Gasteiger partial charge < -0.3 is 5.32 Å². The van der Waals surface area contributed by atoms with Crippen molar-refractivity contribution in [3.8, 4) is 0 Å². The Balaban J connectivity index is 2.36. The van der Waals surface area contributed by atoms with Gasteiger partial charge in [0, 0.05) is 18.6 Å². The average Bonchev–Trinajstić information content (AvgIpc) is 2.22. The fourth-order valence-electron chi connectivity index (χ4n) is 2.45. The summed E-state index contributed by atoms with van der Waals surface area (Å²) in [6.07, 6.45) is 3.07. The highest BCUT2D eigenvalue weighted by atomic mass is 32.2. The molecule has 2 N–H and O–H groups in total. The van der Waals surface area contributed by atoms with Crippen molar-refractivity contribution < 1.29 is 8.42 Å². The zero-order chi connectivity index (χ0) is 13.8. The van der Waals surface area contributed by atoms with Crippen LogP contribution in [0.3, 0.4) is 0 Å². The average molecular weight is 276 g/mol. The standard InChI is InChI=1S/C13H28N2O2S/c1-10(2)14-7-8-18(16,17)15-13-6-5-11(3)12(4)9-13/h10-15H,5-9H2,1-4H3. The van der Waals surface area contributed by atoms with E-state index in [1.165, 1.54) is 0 Å². The first-order valence-corrected chi connectivity index (χ1v) is 8.69. The second kappa shape index (κ2) is 6.87. The third kappa shape index (κ3) is 5.67. The van der Waals surface area contributed by atoms with Crippen LogP contribution in [0.2, 0.25) is 0 Å². The minimum absolute atomic E-state index is 0.139. The maximum Gasteiger partial charge on any atom is 0.213 e. The molecule has 0 radical (unpaired) electrons. The first-order valence-electron chi connectivity index (χ1n) is 7.03. The van der Waals surface area contributed by atoms with Gasteiger partial charge in [0.1, 0.15) is 0 Å². The number of hydrogen-bond donors (Lipinski definition) is 2. The van der Waals surface area contributed by atoms with Crippen LogP contribution in [-0.2, 0) is 10.0 Å². The number of rotatable bonds is 6. The predicted octanol–water partition coefficient (Wildman–Crippen LogP) is 1.73. The van der Waals surface area contributed by atoms with Gasteiger partial charge in [-0.05, 0) is 31.1 Å². The van der Waals surface area contributed by atoms with Gasteiger partial charge >= 0.3 is 0 Å². The number of nitrogens with one attached hydrogen (secondary N) is 2. The molecule has 3 unspecified atom stereocenters. The van der Waals surface area contributed by atoms with E-state index in [9.17, 15) is 8.42 Å². The summed E-state index contributed by atoms with van der Waals surface area (Å²) in [5.74, 6) is 1.50. The lowest BCUT2D eigenvalue weighted by atomic mass is 9.79. The lowest BCUT2D eigenvalue weighted by molar-refractivity contribution is 0.242. The first-order chi connectivity index (χ1) is 8.30. The third-order valence-electron chi connectivity index (χ3n) is 3.87. The maximum atomic E-state index is 11.9. The molecule has 0 saturated heterocycles. The van der Waals surface area contributed by atoms with Crippen molar-refractivity contribution in [1.29, 1.82) is 0 Å². The summed E-state index contributed by atoms with van der Waals surface area (Å²) < 4.78 is 26.7. The van der Waals surface area contributed by atoms with Crippen LogP contribution in [0.1, 0.15) is 47.0 Å². The van der Waals surface area contributed by atoms with Crippen molar-refractivity contribution >= 4 is 10.0 Å². The van der Waals surface area contributed by atoms with E-state index < -0.39 is 10.0 Å². The van der Waals surface area contributed by atoms with E-state index in [4.69, 9.17) is 0 Å². The molecule has 0 heterocycles. The molecule has 5 heteroatoms. The Morgan fingerprint density at radius 3 is 2.39 bits per heavy atom. The Hall–Kier alpha value is -0.130. The van der Waals surface area contributed by atoms with E-state index in [1.807, 2.05) is 13.8 Å². The Morgan fingerprint density at radius 1 is 1.17 bits per heavy atom. The molecule has 0 aliphatic heterocycles.